The van der Waals surface area contributed by atoms with Crippen LogP contribution in [0.2, 0.25) is 0 Å². The second-order valence-electron chi connectivity index (χ2n) is 1.52. The first-order valence-electron chi connectivity index (χ1n) is 2.54. The van der Waals surface area contributed by atoms with Crippen molar-refractivity contribution >= 4 is 0 Å². The number of halogens is 1. The van der Waals surface area contributed by atoms with Crippen LogP contribution in [-0.4, -0.2) is 8.98 Å². The Morgan fingerprint density at radius 1 is 1.71 bits per heavy atom. The van der Waals surface area contributed by atoms with E-state index in [0.717, 1.165) is 0 Å². The van der Waals surface area contributed by atoms with Gasteiger partial charge in [0.05, 0.1) is 0 Å². The Morgan fingerprint density at radius 3 is 2.43 bits per heavy atom. The Balaban J connectivity index is 2.83. The zero-order valence-corrected chi connectivity index (χ0v) is 7.10. The van der Waals surface area contributed by atoms with Gasteiger partial charge in [-0.25, -0.2) is 0 Å². The average molecular weight is 214 g/mol. The third-order valence-corrected chi connectivity index (χ3v) is 3.07. The molecule has 7 heavy (non-hydrogen) atoms. The molecular weight excluding hydrogens is 201 g/mol. The number of alkyl halides is 2. The van der Waals surface area contributed by atoms with Crippen LogP contribution < -0.4 is 26.9 Å². The van der Waals surface area contributed by atoms with Crippen molar-refractivity contribution in [2.24, 2.45) is 5.73 Å². The summed E-state index contributed by atoms with van der Waals surface area (Å²) in [6.07, 6.45) is 2.47. The minimum absolute atomic E-state index is 0.316. The van der Waals surface area contributed by atoms with Crippen LogP contribution in [0.1, 0.15) is 19.8 Å². The van der Waals surface area contributed by atoms with E-state index in [2.05, 4.69) is 11.9 Å². The van der Waals surface area contributed by atoms with Gasteiger partial charge in [0.2, 0.25) is 0 Å². The maximum absolute atomic E-state index is 5.63. The molecule has 0 aromatic carbocycles. The zero-order valence-electron chi connectivity index (χ0n) is 4.95. The summed E-state index contributed by atoms with van der Waals surface area (Å²) in [7, 11) is 0. The van der Waals surface area contributed by atoms with E-state index in [-0.39, 0.29) is 0 Å². The summed E-state index contributed by atoms with van der Waals surface area (Å²) in [5.74, 6) is 0. The van der Waals surface area contributed by atoms with E-state index in [1.165, 1.54) is 12.8 Å². The van der Waals surface area contributed by atoms with Gasteiger partial charge in [-0.2, -0.15) is 0 Å². The molecule has 0 saturated carbocycles. The molecule has 0 fully saturated rings. The number of rotatable bonds is 3. The molecule has 2 N–H and O–H groups in total. The molecule has 1 unspecified atom stereocenters. The van der Waals surface area contributed by atoms with Crippen LogP contribution >= 0.6 is 0 Å². The van der Waals surface area contributed by atoms with Crippen molar-refractivity contribution in [3.63, 3.8) is 0 Å². The predicted molar refractivity (Wildman–Crippen MR) is 28.8 cm³/mol. The molecule has 0 amide bonds. The molecular formula is C5H13IN-. The van der Waals surface area contributed by atoms with Crippen molar-refractivity contribution in [2.45, 2.75) is 23.8 Å². The summed E-state index contributed by atoms with van der Waals surface area (Å²) < 4.78 is 0.559. The van der Waals surface area contributed by atoms with E-state index in [1.807, 2.05) is 0 Å². The van der Waals surface area contributed by atoms with Crippen molar-refractivity contribution < 1.29 is 21.2 Å². The molecule has 0 aliphatic heterocycles. The van der Waals surface area contributed by atoms with Crippen LogP contribution in [-0.2, 0) is 0 Å². The monoisotopic (exact) mass is 214 g/mol. The number of nitrogens with two attached hydrogens (primary N) is 1. The van der Waals surface area contributed by atoms with Crippen LogP contribution in [0.15, 0.2) is 0 Å². The topological polar surface area (TPSA) is 26.0 Å². The predicted octanol–water partition coefficient (Wildman–Crippen LogP) is -2.21. The molecule has 0 aromatic rings. The Hall–Kier alpha value is 0.690. The van der Waals surface area contributed by atoms with E-state index in [0.29, 0.717) is 25.3 Å². The van der Waals surface area contributed by atoms with Gasteiger partial charge in [0, 0.05) is 0 Å². The summed E-state index contributed by atoms with van der Waals surface area (Å²) >= 11 is 0.316. The van der Waals surface area contributed by atoms with Crippen LogP contribution in [0, 0.1) is 0 Å². The van der Waals surface area contributed by atoms with Gasteiger partial charge in [0.1, 0.15) is 0 Å². The third kappa shape index (κ3) is 4.55. The van der Waals surface area contributed by atoms with Crippen LogP contribution in [0.5, 0.6) is 0 Å². The van der Waals surface area contributed by atoms with E-state index in [4.69, 9.17) is 5.73 Å². The third-order valence-electron chi connectivity index (χ3n) is 0.845. The Labute approximate surface area is 55.9 Å². The van der Waals surface area contributed by atoms with E-state index < -0.39 is 0 Å². The Bertz CT molecular complexity index is 39.1. The first-order chi connectivity index (χ1) is 3.31. The molecule has 1 atom stereocenters. The summed E-state index contributed by atoms with van der Waals surface area (Å²) in [5.41, 5.74) is 5.63. The van der Waals surface area contributed by atoms with Gasteiger partial charge in [-0.05, 0) is 0 Å². The quantitative estimate of drug-likeness (QED) is 0.322. The van der Waals surface area contributed by atoms with Gasteiger partial charge >= 0.3 is 55.7 Å². The van der Waals surface area contributed by atoms with E-state index >= 15 is 0 Å². The van der Waals surface area contributed by atoms with Gasteiger partial charge in [-0.1, -0.05) is 0 Å². The van der Waals surface area contributed by atoms with Crippen LogP contribution in [0.4, 0.5) is 0 Å². The molecule has 0 aliphatic carbocycles. The molecule has 0 heterocycles. The standard InChI is InChI=1S/C5H13IN/c1-3-4-5(7)6-2/h5H,3-4,7H2,1-2H3/q-1. The first-order valence-corrected chi connectivity index (χ1v) is 5.95. The summed E-state index contributed by atoms with van der Waals surface area (Å²) in [6, 6.07) is 0. The second kappa shape index (κ2) is 4.84. The maximum atomic E-state index is 5.63. The minimum atomic E-state index is 0.316. The van der Waals surface area contributed by atoms with Gasteiger partial charge in [0.15, 0.2) is 0 Å². The molecule has 0 aliphatic rings. The first kappa shape index (κ1) is 7.69. The fraction of sp³-hybridized carbons (Fsp3) is 1.00. The average Bonchev–Trinajstić information content (AvgIpc) is 1.68. The molecule has 0 radical (unpaired) electrons. The fourth-order valence-corrected chi connectivity index (χ4v) is 1.63. The van der Waals surface area contributed by atoms with Crippen molar-refractivity contribution in [2.75, 3.05) is 4.93 Å². The normalized spacial score (nSPS) is 14.7. The fourth-order valence-electron chi connectivity index (χ4n) is 0.385. The molecule has 1 nitrogen and oxygen atoms in total. The molecule has 0 saturated heterocycles. The van der Waals surface area contributed by atoms with E-state index in [9.17, 15) is 0 Å². The Kier molecular flexibility index (Phi) is 5.32. The molecule has 0 aromatic heterocycles. The zero-order chi connectivity index (χ0) is 5.70. The molecule has 2 heteroatoms. The molecule has 46 valence electrons. The van der Waals surface area contributed by atoms with Crippen molar-refractivity contribution in [3.8, 4) is 0 Å². The number of hydrogen-bond acceptors (Lipinski definition) is 1. The second-order valence-corrected chi connectivity index (χ2v) is 4.37. The van der Waals surface area contributed by atoms with Crippen molar-refractivity contribution in [1.82, 2.24) is 0 Å². The van der Waals surface area contributed by atoms with Gasteiger partial charge in [0.25, 0.3) is 0 Å². The summed E-state index contributed by atoms with van der Waals surface area (Å²) in [4.78, 5) is 2.24. The van der Waals surface area contributed by atoms with Crippen LogP contribution in [0.25, 0.3) is 0 Å². The molecule has 0 spiro atoms. The van der Waals surface area contributed by atoms with Crippen molar-refractivity contribution in [3.05, 3.63) is 0 Å². The SMILES string of the molecule is CCCC(N)[I-]C. The van der Waals surface area contributed by atoms with Gasteiger partial charge in [-0.3, -0.25) is 0 Å². The summed E-state index contributed by atoms with van der Waals surface area (Å²) in [5, 5.41) is 0. The Morgan fingerprint density at radius 2 is 2.29 bits per heavy atom. The molecule has 0 bridgehead atoms. The van der Waals surface area contributed by atoms with Crippen molar-refractivity contribution in [1.29, 1.82) is 0 Å². The van der Waals surface area contributed by atoms with Gasteiger partial charge in [-0.15, -0.1) is 0 Å². The molecule has 0 rings (SSSR count). The van der Waals surface area contributed by atoms with Gasteiger partial charge < -0.3 is 0 Å². The summed E-state index contributed by atoms with van der Waals surface area (Å²) in [6.45, 7) is 2.18. The number of hydrogen-bond donors (Lipinski definition) is 1. The van der Waals surface area contributed by atoms with Crippen LogP contribution in [0.3, 0.4) is 0 Å². The van der Waals surface area contributed by atoms with E-state index in [1.54, 1.807) is 0 Å².